The fraction of sp³-hybridized carbons (Fsp3) is 0.222. The first-order chi connectivity index (χ1) is 6.52. The molecular weight excluding hydrogens is 209 g/mol. The Morgan fingerprint density at radius 3 is 2.71 bits per heavy atom. The van der Waals surface area contributed by atoms with Crippen LogP contribution in [-0.4, -0.2) is 17.1 Å². The summed E-state index contributed by atoms with van der Waals surface area (Å²) in [5, 5.41) is 8.83. The molecule has 0 amide bonds. The molecule has 0 aliphatic carbocycles. The van der Waals surface area contributed by atoms with Crippen LogP contribution >= 0.6 is 11.6 Å². The highest BCUT2D eigenvalue weighted by Crippen LogP contribution is 2.23. The summed E-state index contributed by atoms with van der Waals surface area (Å²) in [5.74, 6) is -1.38. The minimum Gasteiger partial charge on any atom is -0.480 e. The minimum absolute atomic E-state index is 0.174. The van der Waals surface area contributed by atoms with Gasteiger partial charge in [-0.05, 0) is 17.7 Å². The molecule has 2 unspecified atom stereocenters. The van der Waals surface area contributed by atoms with E-state index in [0.717, 1.165) is 0 Å². The van der Waals surface area contributed by atoms with Crippen molar-refractivity contribution in [2.75, 3.05) is 0 Å². The molecule has 5 heteroatoms. The monoisotopic (exact) mass is 217 g/mol. The van der Waals surface area contributed by atoms with Crippen molar-refractivity contribution in [3.05, 3.63) is 34.9 Å². The second-order valence-corrected chi connectivity index (χ2v) is 3.26. The van der Waals surface area contributed by atoms with Gasteiger partial charge in [0.25, 0.3) is 0 Å². The van der Waals surface area contributed by atoms with Crippen LogP contribution in [-0.2, 0) is 4.79 Å². The van der Waals surface area contributed by atoms with Gasteiger partial charge in [0.05, 0.1) is 0 Å². The first-order valence-corrected chi connectivity index (χ1v) is 4.28. The second-order valence-electron chi connectivity index (χ2n) is 2.82. The highest BCUT2D eigenvalue weighted by atomic mass is 35.5. The van der Waals surface area contributed by atoms with Gasteiger partial charge in [-0.15, -0.1) is 0 Å². The Hall–Kier alpha value is -1.13. The maximum absolute atomic E-state index is 13.4. The lowest BCUT2D eigenvalue weighted by molar-refractivity contribution is -0.140. The van der Waals surface area contributed by atoms with Crippen molar-refractivity contribution in [1.29, 1.82) is 0 Å². The van der Waals surface area contributed by atoms with Crippen LogP contribution in [0.3, 0.4) is 0 Å². The van der Waals surface area contributed by atoms with Gasteiger partial charge in [-0.3, -0.25) is 4.79 Å². The average Bonchev–Trinajstić information content (AvgIpc) is 2.15. The summed E-state index contributed by atoms with van der Waals surface area (Å²) in [5.41, 5.74) is 5.30. The molecule has 1 aromatic carbocycles. The summed E-state index contributed by atoms with van der Waals surface area (Å²) in [4.78, 5) is 10.4. The average molecular weight is 218 g/mol. The number of carbonyl (C=O) groups is 1. The Balaban J connectivity index is 2.89. The molecule has 1 aromatic rings. The van der Waals surface area contributed by atoms with E-state index in [4.69, 9.17) is 22.4 Å². The Morgan fingerprint density at radius 1 is 1.57 bits per heavy atom. The molecule has 3 N–H and O–H groups in total. The van der Waals surface area contributed by atoms with Crippen molar-refractivity contribution in [3.8, 4) is 0 Å². The molecular formula is C9H9ClFNO2. The molecule has 0 radical (unpaired) electrons. The van der Waals surface area contributed by atoms with Crippen LogP contribution < -0.4 is 5.73 Å². The molecule has 3 nitrogen and oxygen atoms in total. The molecule has 0 saturated heterocycles. The van der Waals surface area contributed by atoms with Gasteiger partial charge in [0, 0.05) is 5.02 Å². The van der Waals surface area contributed by atoms with E-state index in [1.165, 1.54) is 12.1 Å². The number of aliphatic carboxylic acids is 1. The van der Waals surface area contributed by atoms with E-state index in [0.29, 0.717) is 5.02 Å². The van der Waals surface area contributed by atoms with Crippen molar-refractivity contribution in [3.63, 3.8) is 0 Å². The van der Waals surface area contributed by atoms with Crippen molar-refractivity contribution >= 4 is 17.6 Å². The number of halogens is 2. The van der Waals surface area contributed by atoms with Crippen molar-refractivity contribution in [1.82, 2.24) is 0 Å². The van der Waals surface area contributed by atoms with E-state index < -0.39 is 18.2 Å². The van der Waals surface area contributed by atoms with Crippen LogP contribution in [0.4, 0.5) is 4.39 Å². The third-order valence-electron chi connectivity index (χ3n) is 1.77. The molecule has 0 heterocycles. The van der Waals surface area contributed by atoms with Gasteiger partial charge in [0.2, 0.25) is 0 Å². The molecule has 0 bridgehead atoms. The van der Waals surface area contributed by atoms with Crippen molar-refractivity contribution in [2.45, 2.75) is 12.2 Å². The van der Waals surface area contributed by atoms with Gasteiger partial charge in [0.1, 0.15) is 6.04 Å². The molecule has 0 saturated carbocycles. The van der Waals surface area contributed by atoms with E-state index in [1.807, 2.05) is 0 Å². The summed E-state index contributed by atoms with van der Waals surface area (Å²) >= 11 is 5.62. The second kappa shape index (κ2) is 4.39. The SMILES string of the molecule is NC(C(=O)O)C(F)c1cccc(Cl)c1. The Labute approximate surface area is 85.3 Å². The third-order valence-corrected chi connectivity index (χ3v) is 2.00. The predicted octanol–water partition coefficient (Wildman–Crippen LogP) is 1.76. The molecule has 0 fully saturated rings. The standard InChI is InChI=1S/C9H9ClFNO2/c10-6-3-1-2-5(4-6)7(11)8(12)9(13)14/h1-4,7-8H,12H2,(H,13,14). The van der Waals surface area contributed by atoms with E-state index in [1.54, 1.807) is 12.1 Å². The van der Waals surface area contributed by atoms with Gasteiger partial charge in [-0.1, -0.05) is 23.7 Å². The summed E-state index contributed by atoms with van der Waals surface area (Å²) < 4.78 is 13.4. The highest BCUT2D eigenvalue weighted by molar-refractivity contribution is 6.30. The fourth-order valence-electron chi connectivity index (χ4n) is 1.01. The lowest BCUT2D eigenvalue weighted by atomic mass is 10.0. The number of alkyl halides is 1. The normalized spacial score (nSPS) is 14.8. The molecule has 1 rings (SSSR count). The van der Waals surface area contributed by atoms with Crippen LogP contribution in [0.15, 0.2) is 24.3 Å². The van der Waals surface area contributed by atoms with Crippen LogP contribution in [0.2, 0.25) is 5.02 Å². The summed E-state index contributed by atoms with van der Waals surface area (Å²) in [6, 6.07) is 4.35. The zero-order chi connectivity index (χ0) is 10.7. The minimum atomic E-state index is -1.74. The largest absolute Gasteiger partial charge is 0.480 e. The van der Waals surface area contributed by atoms with E-state index >= 15 is 0 Å². The van der Waals surface area contributed by atoms with Crippen LogP contribution in [0.5, 0.6) is 0 Å². The van der Waals surface area contributed by atoms with Crippen molar-refractivity contribution < 1.29 is 14.3 Å². The molecule has 0 aliphatic rings. The lowest BCUT2D eigenvalue weighted by Gasteiger charge is -2.12. The quantitative estimate of drug-likeness (QED) is 0.811. The number of benzene rings is 1. The third kappa shape index (κ3) is 2.43. The van der Waals surface area contributed by atoms with Gasteiger partial charge in [0.15, 0.2) is 6.17 Å². The Bertz CT molecular complexity index is 345. The van der Waals surface area contributed by atoms with Crippen LogP contribution in [0, 0.1) is 0 Å². The zero-order valence-corrected chi connectivity index (χ0v) is 7.91. The molecule has 0 spiro atoms. The summed E-state index contributed by atoms with van der Waals surface area (Å²) in [7, 11) is 0. The van der Waals surface area contributed by atoms with Gasteiger partial charge in [-0.25, -0.2) is 4.39 Å². The van der Waals surface area contributed by atoms with Crippen LogP contribution in [0.1, 0.15) is 11.7 Å². The van der Waals surface area contributed by atoms with Gasteiger partial charge in [-0.2, -0.15) is 0 Å². The van der Waals surface area contributed by atoms with E-state index in [9.17, 15) is 9.18 Å². The zero-order valence-electron chi connectivity index (χ0n) is 7.15. The molecule has 2 atom stereocenters. The smallest absolute Gasteiger partial charge is 0.323 e. The van der Waals surface area contributed by atoms with Crippen LogP contribution in [0.25, 0.3) is 0 Å². The number of carboxylic acids is 1. The van der Waals surface area contributed by atoms with Gasteiger partial charge < -0.3 is 10.8 Å². The summed E-state index contributed by atoms with van der Waals surface area (Å²) in [6.45, 7) is 0. The number of nitrogens with two attached hydrogens (primary N) is 1. The lowest BCUT2D eigenvalue weighted by Crippen LogP contribution is -2.34. The Kier molecular flexibility index (Phi) is 3.43. The number of carboxylic acid groups (broad SMARTS) is 1. The Morgan fingerprint density at radius 2 is 2.21 bits per heavy atom. The summed E-state index contributed by atoms with van der Waals surface area (Å²) in [6.07, 6.45) is -1.74. The number of hydrogen-bond donors (Lipinski definition) is 2. The topological polar surface area (TPSA) is 63.3 Å². The first kappa shape index (κ1) is 10.9. The van der Waals surface area contributed by atoms with E-state index in [-0.39, 0.29) is 5.56 Å². The predicted molar refractivity (Wildman–Crippen MR) is 50.9 cm³/mol. The van der Waals surface area contributed by atoms with E-state index in [2.05, 4.69) is 0 Å². The maximum atomic E-state index is 13.4. The molecule has 76 valence electrons. The first-order valence-electron chi connectivity index (χ1n) is 3.90. The number of rotatable bonds is 3. The highest BCUT2D eigenvalue weighted by Gasteiger charge is 2.25. The number of hydrogen-bond acceptors (Lipinski definition) is 2. The molecule has 0 aromatic heterocycles. The van der Waals surface area contributed by atoms with Crippen molar-refractivity contribution in [2.24, 2.45) is 5.73 Å². The molecule has 14 heavy (non-hydrogen) atoms. The fourth-order valence-corrected chi connectivity index (χ4v) is 1.21. The maximum Gasteiger partial charge on any atom is 0.323 e. The van der Waals surface area contributed by atoms with Gasteiger partial charge >= 0.3 is 5.97 Å². The molecule has 0 aliphatic heterocycles.